The lowest BCUT2D eigenvalue weighted by Crippen LogP contribution is -2.45. The van der Waals surface area contributed by atoms with E-state index in [9.17, 15) is 5.11 Å². The number of hydrogen-bond acceptors (Lipinski definition) is 2. The average Bonchev–Trinajstić information content (AvgIpc) is 2.50. The van der Waals surface area contributed by atoms with Crippen molar-refractivity contribution in [1.29, 1.82) is 0 Å². The van der Waals surface area contributed by atoms with E-state index in [-0.39, 0.29) is 0 Å². The summed E-state index contributed by atoms with van der Waals surface area (Å²) in [7, 11) is 0. The summed E-state index contributed by atoms with van der Waals surface area (Å²) in [6, 6.07) is 14.9. The quantitative estimate of drug-likeness (QED) is 0.926. The van der Waals surface area contributed by atoms with Crippen LogP contribution in [0.2, 0.25) is 0 Å². The van der Waals surface area contributed by atoms with E-state index in [1.807, 2.05) is 0 Å². The van der Waals surface area contributed by atoms with E-state index in [0.29, 0.717) is 0 Å². The van der Waals surface area contributed by atoms with Gasteiger partial charge in [0.25, 0.3) is 0 Å². The first-order valence-electron chi connectivity index (χ1n) is 8.11. The van der Waals surface area contributed by atoms with Gasteiger partial charge in [-0.1, -0.05) is 49.4 Å². The van der Waals surface area contributed by atoms with Crippen molar-refractivity contribution in [3.63, 3.8) is 0 Å². The molecule has 0 spiro atoms. The molecule has 0 amide bonds. The Hall–Kier alpha value is -1.38. The van der Waals surface area contributed by atoms with Crippen molar-refractivity contribution in [2.24, 2.45) is 0 Å². The average molecular weight is 283 g/mol. The molecule has 2 aromatic rings. The molecular weight excluding hydrogens is 258 g/mol. The first-order valence-corrected chi connectivity index (χ1v) is 8.11. The molecule has 1 saturated heterocycles. The summed E-state index contributed by atoms with van der Waals surface area (Å²) < 4.78 is 0. The van der Waals surface area contributed by atoms with Crippen LogP contribution in [-0.4, -0.2) is 35.2 Å². The summed E-state index contributed by atoms with van der Waals surface area (Å²) in [6.07, 6.45) is 3.74. The normalized spacial score (nSPS) is 19.0. The second kappa shape index (κ2) is 6.17. The summed E-state index contributed by atoms with van der Waals surface area (Å²) in [5, 5.41) is 13.5. The summed E-state index contributed by atoms with van der Waals surface area (Å²) in [5.41, 5.74) is 0.744. The molecule has 3 rings (SSSR count). The standard InChI is InChI=1S/C19H25NO/c1-2-12-20-13-10-19(21,11-14-20)15-17-8-5-7-16-6-3-4-9-18(16)17/h3-9,21H,2,10-15H2,1H3. The van der Waals surface area contributed by atoms with Gasteiger partial charge in [0.15, 0.2) is 0 Å². The molecule has 112 valence electrons. The Bertz CT molecular complexity index is 594. The second-order valence-electron chi connectivity index (χ2n) is 6.38. The zero-order chi connectivity index (χ0) is 14.7. The predicted octanol–water partition coefficient (Wildman–Crippen LogP) is 3.62. The van der Waals surface area contributed by atoms with E-state index in [0.717, 1.165) is 38.9 Å². The fourth-order valence-corrected chi connectivity index (χ4v) is 3.49. The van der Waals surface area contributed by atoms with E-state index >= 15 is 0 Å². The molecule has 0 aliphatic carbocycles. The molecule has 0 atom stereocenters. The van der Waals surface area contributed by atoms with Crippen molar-refractivity contribution in [2.45, 2.75) is 38.2 Å². The van der Waals surface area contributed by atoms with E-state index in [1.165, 1.54) is 22.8 Å². The summed E-state index contributed by atoms with van der Waals surface area (Å²) in [4.78, 5) is 2.47. The molecule has 1 aliphatic heterocycles. The van der Waals surface area contributed by atoms with Crippen LogP contribution in [0.25, 0.3) is 10.8 Å². The molecule has 1 fully saturated rings. The van der Waals surface area contributed by atoms with Gasteiger partial charge in [0.1, 0.15) is 0 Å². The van der Waals surface area contributed by atoms with E-state index in [2.05, 4.69) is 54.3 Å². The minimum atomic E-state index is -0.533. The Morgan fingerprint density at radius 2 is 1.76 bits per heavy atom. The molecule has 2 aromatic carbocycles. The first-order chi connectivity index (χ1) is 10.2. The Labute approximate surface area is 127 Å². The molecule has 21 heavy (non-hydrogen) atoms. The largest absolute Gasteiger partial charge is 0.389 e. The Balaban J connectivity index is 1.76. The van der Waals surface area contributed by atoms with Gasteiger partial charge < -0.3 is 10.0 Å². The van der Waals surface area contributed by atoms with Crippen molar-refractivity contribution >= 4 is 10.8 Å². The maximum absolute atomic E-state index is 10.9. The third-order valence-corrected chi connectivity index (χ3v) is 4.73. The Morgan fingerprint density at radius 1 is 1.05 bits per heavy atom. The topological polar surface area (TPSA) is 23.5 Å². The third-order valence-electron chi connectivity index (χ3n) is 4.73. The molecule has 0 bridgehead atoms. The van der Waals surface area contributed by atoms with Gasteiger partial charge in [-0.3, -0.25) is 0 Å². The lowest BCUT2D eigenvalue weighted by Gasteiger charge is -2.38. The lowest BCUT2D eigenvalue weighted by molar-refractivity contribution is -0.0202. The molecule has 0 saturated carbocycles. The number of fused-ring (bicyclic) bond motifs is 1. The highest BCUT2D eigenvalue weighted by Crippen LogP contribution is 2.29. The van der Waals surface area contributed by atoms with Gasteiger partial charge in [0.2, 0.25) is 0 Å². The van der Waals surface area contributed by atoms with Crippen LogP contribution in [0.1, 0.15) is 31.7 Å². The second-order valence-corrected chi connectivity index (χ2v) is 6.38. The highest BCUT2D eigenvalue weighted by molar-refractivity contribution is 5.85. The molecular formula is C19H25NO. The molecule has 1 N–H and O–H groups in total. The van der Waals surface area contributed by atoms with Crippen molar-refractivity contribution in [2.75, 3.05) is 19.6 Å². The van der Waals surface area contributed by atoms with Gasteiger partial charge in [-0.05, 0) is 42.1 Å². The van der Waals surface area contributed by atoms with Gasteiger partial charge in [0, 0.05) is 19.5 Å². The molecule has 0 aromatic heterocycles. The zero-order valence-corrected chi connectivity index (χ0v) is 12.9. The van der Waals surface area contributed by atoms with Gasteiger partial charge in [0.05, 0.1) is 5.60 Å². The van der Waals surface area contributed by atoms with Crippen molar-refractivity contribution in [3.05, 3.63) is 48.0 Å². The molecule has 2 nitrogen and oxygen atoms in total. The maximum Gasteiger partial charge on any atom is 0.0712 e. The molecule has 1 aliphatic rings. The Kier molecular flexibility index (Phi) is 4.27. The van der Waals surface area contributed by atoms with Gasteiger partial charge >= 0.3 is 0 Å². The first kappa shape index (κ1) is 14.6. The van der Waals surface area contributed by atoms with Gasteiger partial charge in [-0.2, -0.15) is 0 Å². The molecule has 1 heterocycles. The van der Waals surface area contributed by atoms with Crippen LogP contribution in [0, 0.1) is 0 Å². The van der Waals surface area contributed by atoms with Crippen LogP contribution in [0.15, 0.2) is 42.5 Å². The highest BCUT2D eigenvalue weighted by atomic mass is 16.3. The van der Waals surface area contributed by atoms with Crippen LogP contribution in [0.4, 0.5) is 0 Å². The van der Waals surface area contributed by atoms with Gasteiger partial charge in [-0.15, -0.1) is 0 Å². The Morgan fingerprint density at radius 3 is 2.52 bits per heavy atom. The molecule has 0 unspecified atom stereocenters. The number of aliphatic hydroxyl groups is 1. The van der Waals surface area contributed by atoms with Crippen molar-refractivity contribution in [1.82, 2.24) is 4.90 Å². The number of likely N-dealkylation sites (tertiary alicyclic amines) is 1. The van der Waals surface area contributed by atoms with Crippen molar-refractivity contribution in [3.8, 4) is 0 Å². The number of rotatable bonds is 4. The molecule has 0 radical (unpaired) electrons. The van der Waals surface area contributed by atoms with Crippen LogP contribution in [0.3, 0.4) is 0 Å². The van der Waals surface area contributed by atoms with E-state index in [4.69, 9.17) is 0 Å². The number of benzene rings is 2. The van der Waals surface area contributed by atoms with Crippen LogP contribution in [-0.2, 0) is 6.42 Å². The number of piperidine rings is 1. The summed E-state index contributed by atoms with van der Waals surface area (Å²) in [6.45, 7) is 5.42. The molecule has 2 heteroatoms. The minimum absolute atomic E-state index is 0.533. The monoisotopic (exact) mass is 283 g/mol. The SMILES string of the molecule is CCCN1CCC(O)(Cc2cccc3ccccc23)CC1. The summed E-state index contributed by atoms with van der Waals surface area (Å²) in [5.74, 6) is 0. The highest BCUT2D eigenvalue weighted by Gasteiger charge is 2.32. The number of nitrogens with zero attached hydrogens (tertiary/aromatic N) is 1. The lowest BCUT2D eigenvalue weighted by atomic mass is 9.84. The third kappa shape index (κ3) is 3.28. The maximum atomic E-state index is 10.9. The fraction of sp³-hybridized carbons (Fsp3) is 0.474. The smallest absolute Gasteiger partial charge is 0.0712 e. The van der Waals surface area contributed by atoms with Crippen LogP contribution < -0.4 is 0 Å². The van der Waals surface area contributed by atoms with Gasteiger partial charge in [-0.25, -0.2) is 0 Å². The van der Waals surface area contributed by atoms with Crippen LogP contribution >= 0.6 is 0 Å². The van der Waals surface area contributed by atoms with E-state index < -0.39 is 5.60 Å². The zero-order valence-electron chi connectivity index (χ0n) is 12.9. The van der Waals surface area contributed by atoms with Crippen molar-refractivity contribution < 1.29 is 5.11 Å². The number of hydrogen-bond donors (Lipinski definition) is 1. The summed E-state index contributed by atoms with van der Waals surface area (Å²) >= 11 is 0. The predicted molar refractivity (Wildman–Crippen MR) is 88.6 cm³/mol. The van der Waals surface area contributed by atoms with Crippen LogP contribution in [0.5, 0.6) is 0 Å². The van der Waals surface area contributed by atoms with E-state index in [1.54, 1.807) is 0 Å². The fourth-order valence-electron chi connectivity index (χ4n) is 3.49. The minimum Gasteiger partial charge on any atom is -0.389 e.